The van der Waals surface area contributed by atoms with Gasteiger partial charge < -0.3 is 10.1 Å². The highest BCUT2D eigenvalue weighted by atomic mass is 16.5. The Morgan fingerprint density at radius 2 is 1.95 bits per heavy atom. The summed E-state index contributed by atoms with van der Waals surface area (Å²) >= 11 is 0. The van der Waals surface area contributed by atoms with Gasteiger partial charge in [-0.2, -0.15) is 0 Å². The van der Waals surface area contributed by atoms with Crippen molar-refractivity contribution in [3.8, 4) is 11.6 Å². The van der Waals surface area contributed by atoms with Gasteiger partial charge in [0.2, 0.25) is 5.88 Å². The summed E-state index contributed by atoms with van der Waals surface area (Å²) < 4.78 is 5.93. The standard InChI is InChI=1S/C16H21N3O/c1-4-9-17-12(2)14-7-5-11-19-16(14)20-15-8-6-10-18-13(15)3/h5-8,10-12,17H,4,9H2,1-3H3. The van der Waals surface area contributed by atoms with Gasteiger partial charge >= 0.3 is 0 Å². The summed E-state index contributed by atoms with van der Waals surface area (Å²) in [5, 5.41) is 3.45. The largest absolute Gasteiger partial charge is 0.437 e. The Balaban J connectivity index is 2.22. The lowest BCUT2D eigenvalue weighted by Gasteiger charge is -2.17. The molecule has 0 aliphatic carbocycles. The van der Waals surface area contributed by atoms with Crippen molar-refractivity contribution >= 4 is 0 Å². The number of hydrogen-bond donors (Lipinski definition) is 1. The maximum Gasteiger partial charge on any atom is 0.224 e. The number of nitrogens with one attached hydrogen (secondary N) is 1. The minimum atomic E-state index is 0.204. The van der Waals surface area contributed by atoms with Crippen LogP contribution in [0.2, 0.25) is 0 Å². The highest BCUT2D eigenvalue weighted by Gasteiger charge is 2.13. The van der Waals surface area contributed by atoms with Crippen LogP contribution in [0.3, 0.4) is 0 Å². The minimum absolute atomic E-state index is 0.204. The second-order valence-electron chi connectivity index (χ2n) is 4.76. The van der Waals surface area contributed by atoms with Crippen LogP contribution in [0.1, 0.15) is 37.6 Å². The van der Waals surface area contributed by atoms with Gasteiger partial charge in [-0.15, -0.1) is 0 Å². The van der Waals surface area contributed by atoms with E-state index in [9.17, 15) is 0 Å². The molecule has 2 aromatic rings. The summed E-state index contributed by atoms with van der Waals surface area (Å²) in [4.78, 5) is 8.59. The first-order valence-electron chi connectivity index (χ1n) is 7.00. The number of pyridine rings is 2. The molecular formula is C16H21N3O. The van der Waals surface area contributed by atoms with Gasteiger partial charge in [0.15, 0.2) is 5.75 Å². The summed E-state index contributed by atoms with van der Waals surface area (Å²) in [5.74, 6) is 1.38. The molecule has 4 nitrogen and oxygen atoms in total. The third kappa shape index (κ3) is 3.54. The molecule has 2 rings (SSSR count). The Morgan fingerprint density at radius 1 is 1.20 bits per heavy atom. The van der Waals surface area contributed by atoms with E-state index in [-0.39, 0.29) is 6.04 Å². The van der Waals surface area contributed by atoms with Gasteiger partial charge in [-0.05, 0) is 45.0 Å². The highest BCUT2D eigenvalue weighted by molar-refractivity contribution is 5.35. The molecule has 0 fully saturated rings. The predicted molar refractivity (Wildman–Crippen MR) is 80.0 cm³/mol. The van der Waals surface area contributed by atoms with E-state index in [4.69, 9.17) is 4.74 Å². The van der Waals surface area contributed by atoms with Gasteiger partial charge in [0.1, 0.15) is 0 Å². The van der Waals surface area contributed by atoms with E-state index in [1.54, 1.807) is 12.4 Å². The molecule has 0 aliphatic heterocycles. The zero-order valence-electron chi connectivity index (χ0n) is 12.3. The molecule has 0 saturated heterocycles. The van der Waals surface area contributed by atoms with E-state index in [2.05, 4.69) is 29.1 Å². The van der Waals surface area contributed by atoms with Crippen LogP contribution in [0.5, 0.6) is 11.6 Å². The molecule has 0 amide bonds. The monoisotopic (exact) mass is 271 g/mol. The average molecular weight is 271 g/mol. The third-order valence-corrected chi connectivity index (χ3v) is 3.13. The Kier molecular flexibility index (Phi) is 5.07. The van der Waals surface area contributed by atoms with E-state index in [0.29, 0.717) is 5.88 Å². The molecule has 1 unspecified atom stereocenters. The number of aryl methyl sites for hydroxylation is 1. The Hall–Kier alpha value is -1.94. The summed E-state index contributed by atoms with van der Waals surface area (Å²) in [7, 11) is 0. The maximum atomic E-state index is 5.93. The summed E-state index contributed by atoms with van der Waals surface area (Å²) in [6.07, 6.45) is 4.60. The van der Waals surface area contributed by atoms with Crippen LogP contribution in [-0.4, -0.2) is 16.5 Å². The first-order valence-corrected chi connectivity index (χ1v) is 7.00. The smallest absolute Gasteiger partial charge is 0.224 e. The zero-order valence-corrected chi connectivity index (χ0v) is 12.3. The maximum absolute atomic E-state index is 5.93. The third-order valence-electron chi connectivity index (χ3n) is 3.13. The molecule has 2 aromatic heterocycles. The number of nitrogens with zero attached hydrogens (tertiary/aromatic N) is 2. The normalized spacial score (nSPS) is 12.2. The number of rotatable bonds is 6. The van der Waals surface area contributed by atoms with Crippen molar-refractivity contribution in [3.63, 3.8) is 0 Å². The number of hydrogen-bond acceptors (Lipinski definition) is 4. The summed E-state index contributed by atoms with van der Waals surface area (Å²) in [6.45, 7) is 7.17. The lowest BCUT2D eigenvalue weighted by Crippen LogP contribution is -2.20. The fraction of sp³-hybridized carbons (Fsp3) is 0.375. The lowest BCUT2D eigenvalue weighted by atomic mass is 10.1. The van der Waals surface area contributed by atoms with E-state index in [0.717, 1.165) is 30.0 Å². The SMILES string of the molecule is CCCNC(C)c1cccnc1Oc1cccnc1C. The fourth-order valence-corrected chi connectivity index (χ4v) is 1.97. The molecule has 0 bridgehead atoms. The van der Waals surface area contributed by atoms with Gasteiger partial charge in [0.05, 0.1) is 5.69 Å². The molecule has 1 N–H and O–H groups in total. The van der Waals surface area contributed by atoms with Crippen molar-refractivity contribution < 1.29 is 4.74 Å². The van der Waals surface area contributed by atoms with Crippen molar-refractivity contribution in [3.05, 3.63) is 47.9 Å². The molecular weight excluding hydrogens is 250 g/mol. The van der Waals surface area contributed by atoms with Crippen LogP contribution in [0.4, 0.5) is 0 Å². The second kappa shape index (κ2) is 7.01. The molecule has 0 spiro atoms. The number of aromatic nitrogens is 2. The lowest BCUT2D eigenvalue weighted by molar-refractivity contribution is 0.437. The van der Waals surface area contributed by atoms with Gasteiger partial charge in [0, 0.05) is 24.0 Å². The van der Waals surface area contributed by atoms with E-state index in [1.807, 2.05) is 31.2 Å². The van der Waals surface area contributed by atoms with Crippen LogP contribution < -0.4 is 10.1 Å². The van der Waals surface area contributed by atoms with Crippen LogP contribution in [0.25, 0.3) is 0 Å². The Labute approximate surface area is 120 Å². The van der Waals surface area contributed by atoms with E-state index in [1.165, 1.54) is 0 Å². The minimum Gasteiger partial charge on any atom is -0.437 e. The van der Waals surface area contributed by atoms with Crippen LogP contribution in [-0.2, 0) is 0 Å². The first kappa shape index (κ1) is 14.5. The zero-order chi connectivity index (χ0) is 14.4. The second-order valence-corrected chi connectivity index (χ2v) is 4.76. The van der Waals surface area contributed by atoms with Crippen LogP contribution in [0, 0.1) is 6.92 Å². The van der Waals surface area contributed by atoms with E-state index < -0.39 is 0 Å². The fourth-order valence-electron chi connectivity index (χ4n) is 1.97. The van der Waals surface area contributed by atoms with Crippen molar-refractivity contribution in [2.45, 2.75) is 33.2 Å². The first-order chi connectivity index (χ1) is 9.72. The van der Waals surface area contributed by atoms with Crippen LogP contribution >= 0.6 is 0 Å². The van der Waals surface area contributed by atoms with E-state index >= 15 is 0 Å². The van der Waals surface area contributed by atoms with Gasteiger partial charge in [-0.1, -0.05) is 13.0 Å². The van der Waals surface area contributed by atoms with Crippen molar-refractivity contribution in [2.24, 2.45) is 0 Å². The predicted octanol–water partition coefficient (Wildman–Crippen LogP) is 3.64. The van der Waals surface area contributed by atoms with Gasteiger partial charge in [-0.25, -0.2) is 4.98 Å². The molecule has 20 heavy (non-hydrogen) atoms. The summed E-state index contributed by atoms with van der Waals surface area (Å²) in [6, 6.07) is 7.95. The average Bonchev–Trinajstić information content (AvgIpc) is 2.48. The molecule has 0 aliphatic rings. The summed E-state index contributed by atoms with van der Waals surface area (Å²) in [5.41, 5.74) is 1.92. The highest BCUT2D eigenvalue weighted by Crippen LogP contribution is 2.28. The molecule has 0 radical (unpaired) electrons. The van der Waals surface area contributed by atoms with Gasteiger partial charge in [0.25, 0.3) is 0 Å². The molecule has 106 valence electrons. The van der Waals surface area contributed by atoms with Gasteiger partial charge in [-0.3, -0.25) is 4.98 Å². The molecule has 1 atom stereocenters. The quantitative estimate of drug-likeness (QED) is 0.871. The number of ether oxygens (including phenoxy) is 1. The van der Waals surface area contributed by atoms with Crippen LogP contribution in [0.15, 0.2) is 36.7 Å². The molecule has 4 heteroatoms. The van der Waals surface area contributed by atoms with Crippen molar-refractivity contribution in [1.82, 2.24) is 15.3 Å². The van der Waals surface area contributed by atoms with Crippen molar-refractivity contribution in [2.75, 3.05) is 6.54 Å². The molecule has 0 saturated carbocycles. The molecule has 2 heterocycles. The Bertz CT molecular complexity index is 557. The topological polar surface area (TPSA) is 47.0 Å². The Morgan fingerprint density at radius 3 is 2.70 bits per heavy atom. The molecule has 0 aromatic carbocycles. The van der Waals surface area contributed by atoms with Crippen molar-refractivity contribution in [1.29, 1.82) is 0 Å².